The largest absolute Gasteiger partial charge is 2.00 e. The summed E-state index contributed by atoms with van der Waals surface area (Å²) in [7, 11) is 0. The first-order valence-corrected chi connectivity index (χ1v) is 5.77. The second kappa shape index (κ2) is 11.4. The van der Waals surface area contributed by atoms with Crippen molar-refractivity contribution in [2.45, 2.75) is 19.8 Å². The summed E-state index contributed by atoms with van der Waals surface area (Å²) in [6.45, 7) is 2.15. The van der Waals surface area contributed by atoms with Gasteiger partial charge in [-0.25, -0.2) is 11.6 Å². The number of fused-ring (bicyclic) bond motifs is 1. The van der Waals surface area contributed by atoms with Gasteiger partial charge in [0.15, 0.2) is 0 Å². The minimum Gasteiger partial charge on any atom is -1.00 e. The summed E-state index contributed by atoms with van der Waals surface area (Å²) >= 11 is 0. The number of allylic oxidation sites excluding steroid dienone is 4. The van der Waals surface area contributed by atoms with Crippen LogP contribution in [0.2, 0.25) is 0 Å². The molecule has 0 saturated carbocycles. The van der Waals surface area contributed by atoms with Gasteiger partial charge in [0, 0.05) is 0 Å². The van der Waals surface area contributed by atoms with Gasteiger partial charge in [0.1, 0.15) is 0 Å². The average molecular weight is 327 g/mol. The van der Waals surface area contributed by atoms with E-state index in [9.17, 15) is 0 Å². The molecule has 0 atom stereocenters. The molecule has 0 aliphatic heterocycles. The summed E-state index contributed by atoms with van der Waals surface area (Å²) in [5.41, 5.74) is 1.36. The van der Waals surface area contributed by atoms with Gasteiger partial charge in [0.2, 0.25) is 0 Å². The van der Waals surface area contributed by atoms with Gasteiger partial charge in [0.25, 0.3) is 0 Å². The topological polar surface area (TPSA) is 0 Å². The van der Waals surface area contributed by atoms with E-state index in [0.29, 0.717) is 0 Å². The van der Waals surface area contributed by atoms with E-state index in [2.05, 4.69) is 67.6 Å². The maximum atomic E-state index is 3.21. The summed E-state index contributed by atoms with van der Waals surface area (Å²) < 4.78 is 0. The molecular formula is C16H16Cl2Ti-2. The predicted octanol–water partition coefficient (Wildman–Crippen LogP) is -1.35. The van der Waals surface area contributed by atoms with E-state index >= 15 is 0 Å². The number of halogens is 2. The number of benzene rings is 1. The fraction of sp³-hybridized carbons (Fsp3) is 0.188. The summed E-state index contributed by atoms with van der Waals surface area (Å²) in [5, 5.41) is 2.66. The van der Waals surface area contributed by atoms with Crippen LogP contribution in [0, 0.1) is 6.08 Å². The smallest absolute Gasteiger partial charge is 1.00 e. The average Bonchev–Trinajstić information content (AvgIpc) is 3.01. The van der Waals surface area contributed by atoms with Gasteiger partial charge in [0.05, 0.1) is 0 Å². The Balaban J connectivity index is 0. The summed E-state index contributed by atoms with van der Waals surface area (Å²) in [5.74, 6) is 0. The van der Waals surface area contributed by atoms with Gasteiger partial charge in [-0.3, -0.25) is 6.08 Å². The molecule has 0 N–H and O–H groups in total. The van der Waals surface area contributed by atoms with Crippen molar-refractivity contribution in [3.8, 4) is 0 Å². The summed E-state index contributed by atoms with van der Waals surface area (Å²) in [6, 6.07) is 14.7. The van der Waals surface area contributed by atoms with Crippen LogP contribution in [0.25, 0.3) is 10.8 Å². The van der Waals surface area contributed by atoms with Crippen LogP contribution in [-0.4, -0.2) is 0 Å². The van der Waals surface area contributed by atoms with Crippen molar-refractivity contribution in [2.75, 3.05) is 0 Å². The Morgan fingerprint density at radius 3 is 2.42 bits per heavy atom. The Kier molecular flexibility index (Phi) is 12.6. The van der Waals surface area contributed by atoms with Crippen molar-refractivity contribution in [1.82, 2.24) is 0 Å². The molecule has 3 heteroatoms. The summed E-state index contributed by atoms with van der Waals surface area (Å²) in [6.07, 6.45) is 9.65. The minimum absolute atomic E-state index is 0. The molecule has 2 aromatic rings. The summed E-state index contributed by atoms with van der Waals surface area (Å²) in [4.78, 5) is 0. The third kappa shape index (κ3) is 6.54. The van der Waals surface area contributed by atoms with E-state index in [1.807, 2.05) is 0 Å². The molecule has 0 saturated heterocycles. The zero-order valence-electron chi connectivity index (χ0n) is 10.9. The first-order chi connectivity index (χ1) is 7.90. The van der Waals surface area contributed by atoms with Crippen LogP contribution < -0.4 is 24.8 Å². The molecule has 0 radical (unpaired) electrons. The molecular weight excluding hydrogens is 311 g/mol. The molecule has 0 amide bonds. The van der Waals surface area contributed by atoms with E-state index < -0.39 is 0 Å². The van der Waals surface area contributed by atoms with Gasteiger partial charge >= 0.3 is 21.7 Å². The fourth-order valence-electron chi connectivity index (χ4n) is 1.76. The molecule has 1 aliphatic carbocycles. The van der Waals surface area contributed by atoms with Gasteiger partial charge in [-0.1, -0.05) is 19.4 Å². The third-order valence-corrected chi connectivity index (χ3v) is 2.69. The molecule has 0 unspecified atom stereocenters. The third-order valence-electron chi connectivity index (χ3n) is 2.69. The van der Waals surface area contributed by atoms with Crippen molar-refractivity contribution < 1.29 is 46.5 Å². The van der Waals surface area contributed by atoms with Gasteiger partial charge in [-0.2, -0.15) is 23.6 Å². The van der Waals surface area contributed by atoms with Crippen LogP contribution in [0.4, 0.5) is 0 Å². The second-order valence-corrected chi connectivity index (χ2v) is 3.82. The Hall–Kier alpha value is -0.396. The van der Waals surface area contributed by atoms with Crippen molar-refractivity contribution in [3.63, 3.8) is 0 Å². The number of hydrogen-bond acceptors (Lipinski definition) is 0. The molecule has 1 aliphatic rings. The van der Waals surface area contributed by atoms with E-state index in [1.54, 1.807) is 0 Å². The van der Waals surface area contributed by atoms with Crippen LogP contribution in [0.1, 0.15) is 19.8 Å². The molecule has 0 spiro atoms. The van der Waals surface area contributed by atoms with Crippen LogP contribution in [0.15, 0.2) is 60.2 Å². The van der Waals surface area contributed by atoms with Gasteiger partial charge in [-0.05, 0) is 0 Å². The van der Waals surface area contributed by atoms with Gasteiger partial charge < -0.3 is 24.8 Å². The molecule has 100 valence electrons. The number of rotatable bonds is 1. The van der Waals surface area contributed by atoms with Crippen molar-refractivity contribution in [3.05, 3.63) is 66.3 Å². The number of hydrogen-bond donors (Lipinski definition) is 0. The van der Waals surface area contributed by atoms with Crippen LogP contribution in [-0.2, 0) is 21.7 Å². The zero-order valence-corrected chi connectivity index (χ0v) is 13.9. The molecule has 0 nitrogen and oxygen atoms in total. The first kappa shape index (κ1) is 20.9. The van der Waals surface area contributed by atoms with Crippen LogP contribution in [0.5, 0.6) is 0 Å². The maximum Gasteiger partial charge on any atom is 2.00 e. The van der Waals surface area contributed by atoms with Crippen molar-refractivity contribution in [1.29, 1.82) is 0 Å². The maximum absolute atomic E-state index is 3.21. The van der Waals surface area contributed by atoms with E-state index in [1.165, 1.54) is 16.3 Å². The van der Waals surface area contributed by atoms with Crippen LogP contribution in [0.3, 0.4) is 0 Å². The molecule has 0 heterocycles. The molecule has 0 fully saturated rings. The first-order valence-electron chi connectivity index (χ1n) is 5.77. The zero-order chi connectivity index (χ0) is 11.2. The standard InChI is InChI=1S/C9H7.C7H9.2ClH.Ti/c1-2-5-9-7-3-6-8(9)4-1;1-2-7-5-3-4-6-7;;;/h1-7H;3,5H,2,4H2,1H3;2*1H;/q2*-1;;;+2/p-2. The molecule has 2 aromatic carbocycles. The Bertz CT molecular complexity index is 482. The van der Waals surface area contributed by atoms with Crippen LogP contribution >= 0.6 is 0 Å². The molecule has 0 aromatic heterocycles. The van der Waals surface area contributed by atoms with Crippen molar-refractivity contribution in [2.24, 2.45) is 0 Å². The van der Waals surface area contributed by atoms with Gasteiger partial charge in [-0.15, -0.1) is 36.1 Å². The molecule has 19 heavy (non-hydrogen) atoms. The fourth-order valence-corrected chi connectivity index (χ4v) is 1.76. The Morgan fingerprint density at radius 2 is 1.89 bits per heavy atom. The Labute approximate surface area is 143 Å². The van der Waals surface area contributed by atoms with Crippen molar-refractivity contribution >= 4 is 10.8 Å². The van der Waals surface area contributed by atoms with E-state index in [-0.39, 0.29) is 46.5 Å². The quantitative estimate of drug-likeness (QED) is 0.449. The molecule has 0 bridgehead atoms. The monoisotopic (exact) mass is 326 g/mol. The van der Waals surface area contributed by atoms with E-state index in [0.717, 1.165) is 12.8 Å². The minimum atomic E-state index is 0. The SMILES string of the molecule is CCC1=[C-]CC=C1.[Cl-].[Cl-].[Ti+2].c1ccc2[cH-]ccc2c1. The normalized spacial score (nSPS) is 11.3. The second-order valence-electron chi connectivity index (χ2n) is 3.82. The predicted molar refractivity (Wildman–Crippen MR) is 70.3 cm³/mol. The van der Waals surface area contributed by atoms with E-state index in [4.69, 9.17) is 0 Å². The molecule has 3 rings (SSSR count). The Morgan fingerprint density at radius 1 is 1.16 bits per heavy atom.